The Morgan fingerprint density at radius 2 is 1.83 bits per heavy atom. The van der Waals surface area contributed by atoms with E-state index >= 15 is 0 Å². The molecular weight excluding hydrogens is 254 g/mol. The topological polar surface area (TPSA) is 55.4 Å². The fourth-order valence-corrected chi connectivity index (χ4v) is 1.34. The minimum absolute atomic E-state index is 0.263. The molecule has 98 valence electrons. The smallest absolute Gasteiger partial charge is 0.309 e. The fraction of sp³-hybridized carbons (Fsp3) is 0.385. The highest BCUT2D eigenvalue weighted by Crippen LogP contribution is 2.20. The van der Waals surface area contributed by atoms with Gasteiger partial charge in [0.05, 0.1) is 16.6 Å². The second-order valence-electron chi connectivity index (χ2n) is 4.20. The Hall–Kier alpha value is -1.55. The predicted molar refractivity (Wildman–Crippen MR) is 70.5 cm³/mol. The molecule has 1 N–H and O–H groups in total. The van der Waals surface area contributed by atoms with E-state index in [9.17, 15) is 9.59 Å². The number of anilines is 1. The Bertz CT molecular complexity index is 446. The van der Waals surface area contributed by atoms with Gasteiger partial charge in [-0.3, -0.25) is 9.59 Å². The maximum Gasteiger partial charge on any atom is 0.309 e. The summed E-state index contributed by atoms with van der Waals surface area (Å²) >= 11 is 5.91. The van der Waals surface area contributed by atoms with Crippen LogP contribution in [0.1, 0.15) is 20.8 Å². The van der Waals surface area contributed by atoms with Crippen LogP contribution in [0.4, 0.5) is 5.69 Å². The number of carbonyl (C=O) groups is 2. The van der Waals surface area contributed by atoms with Crippen LogP contribution < -0.4 is 5.32 Å². The number of hydrogen-bond donors (Lipinski definition) is 1. The molecule has 5 heteroatoms. The van der Waals surface area contributed by atoms with Crippen molar-refractivity contribution in [3.05, 3.63) is 29.3 Å². The molecule has 0 fully saturated rings. The largest absolute Gasteiger partial charge is 0.452 e. The summed E-state index contributed by atoms with van der Waals surface area (Å²) in [7, 11) is 0. The number of ether oxygens (including phenoxy) is 1. The van der Waals surface area contributed by atoms with Crippen LogP contribution in [0.3, 0.4) is 0 Å². The summed E-state index contributed by atoms with van der Waals surface area (Å²) in [5.74, 6) is -1.07. The number of esters is 1. The predicted octanol–water partition coefficient (Wildman–Crippen LogP) is 2.87. The lowest BCUT2D eigenvalue weighted by Crippen LogP contribution is -2.31. The lowest BCUT2D eigenvalue weighted by molar-refractivity contribution is -0.156. The SMILES string of the molecule is CC(C)C(=O)OC(C)C(=O)Nc1ccccc1Cl. The summed E-state index contributed by atoms with van der Waals surface area (Å²) in [6.45, 7) is 4.94. The minimum atomic E-state index is -0.851. The van der Waals surface area contributed by atoms with Crippen molar-refractivity contribution in [1.82, 2.24) is 0 Å². The molecule has 0 spiro atoms. The summed E-state index contributed by atoms with van der Waals surface area (Å²) in [5, 5.41) is 3.04. The second-order valence-corrected chi connectivity index (χ2v) is 4.61. The third kappa shape index (κ3) is 4.04. The van der Waals surface area contributed by atoms with E-state index in [1.54, 1.807) is 38.1 Å². The van der Waals surface area contributed by atoms with Crippen LogP contribution in [0.2, 0.25) is 5.02 Å². The Morgan fingerprint density at radius 3 is 2.39 bits per heavy atom. The van der Waals surface area contributed by atoms with Crippen LogP contribution in [-0.4, -0.2) is 18.0 Å². The molecule has 1 aromatic carbocycles. The first-order chi connectivity index (χ1) is 8.41. The lowest BCUT2D eigenvalue weighted by Gasteiger charge is -2.15. The highest BCUT2D eigenvalue weighted by molar-refractivity contribution is 6.33. The number of nitrogens with one attached hydrogen (secondary N) is 1. The molecule has 18 heavy (non-hydrogen) atoms. The van der Waals surface area contributed by atoms with Gasteiger partial charge in [0, 0.05) is 0 Å². The number of benzene rings is 1. The number of rotatable bonds is 4. The summed E-state index contributed by atoms with van der Waals surface area (Å²) in [6, 6.07) is 6.87. The minimum Gasteiger partial charge on any atom is -0.452 e. The standard InChI is InChI=1S/C13H16ClNO3/c1-8(2)13(17)18-9(3)12(16)15-11-7-5-4-6-10(11)14/h4-9H,1-3H3,(H,15,16). The summed E-state index contributed by atoms with van der Waals surface area (Å²) in [4.78, 5) is 23.1. The number of para-hydroxylation sites is 1. The first-order valence-corrected chi connectivity index (χ1v) is 6.05. The molecular formula is C13H16ClNO3. The van der Waals surface area contributed by atoms with Gasteiger partial charge in [-0.05, 0) is 19.1 Å². The van der Waals surface area contributed by atoms with Crippen molar-refractivity contribution in [2.45, 2.75) is 26.9 Å². The molecule has 0 aliphatic rings. The van der Waals surface area contributed by atoms with Crippen LogP contribution >= 0.6 is 11.6 Å². The molecule has 1 amide bonds. The number of amides is 1. The van der Waals surface area contributed by atoms with E-state index in [1.165, 1.54) is 6.92 Å². The molecule has 1 rings (SSSR count). The Labute approximate surface area is 111 Å². The van der Waals surface area contributed by atoms with Crippen molar-refractivity contribution in [3.63, 3.8) is 0 Å². The Kier molecular flexibility index (Phi) is 5.16. The van der Waals surface area contributed by atoms with E-state index in [-0.39, 0.29) is 5.92 Å². The molecule has 0 aromatic heterocycles. The van der Waals surface area contributed by atoms with Gasteiger partial charge in [-0.25, -0.2) is 0 Å². The van der Waals surface area contributed by atoms with E-state index in [1.807, 2.05) is 0 Å². The molecule has 0 aliphatic heterocycles. The van der Waals surface area contributed by atoms with Crippen molar-refractivity contribution in [1.29, 1.82) is 0 Å². The van der Waals surface area contributed by atoms with E-state index in [0.717, 1.165) is 0 Å². The average molecular weight is 270 g/mol. The second kappa shape index (κ2) is 6.40. The van der Waals surface area contributed by atoms with Crippen molar-refractivity contribution < 1.29 is 14.3 Å². The maximum atomic E-state index is 11.8. The van der Waals surface area contributed by atoms with Crippen molar-refractivity contribution in [2.24, 2.45) is 5.92 Å². The van der Waals surface area contributed by atoms with Crippen LogP contribution in [0.5, 0.6) is 0 Å². The molecule has 1 atom stereocenters. The van der Waals surface area contributed by atoms with Gasteiger partial charge in [-0.1, -0.05) is 37.6 Å². The third-order valence-electron chi connectivity index (χ3n) is 2.27. The molecule has 0 heterocycles. The van der Waals surface area contributed by atoms with Crippen molar-refractivity contribution >= 4 is 29.2 Å². The molecule has 1 aromatic rings. The van der Waals surface area contributed by atoms with Crippen LogP contribution in [0, 0.1) is 5.92 Å². The zero-order chi connectivity index (χ0) is 13.7. The van der Waals surface area contributed by atoms with Crippen molar-refractivity contribution in [3.8, 4) is 0 Å². The summed E-state index contributed by atoms with van der Waals surface area (Å²) in [5.41, 5.74) is 0.497. The first kappa shape index (κ1) is 14.5. The molecule has 0 saturated heterocycles. The van der Waals surface area contributed by atoms with Gasteiger partial charge in [0.1, 0.15) is 0 Å². The zero-order valence-corrected chi connectivity index (χ0v) is 11.3. The lowest BCUT2D eigenvalue weighted by atomic mass is 10.2. The first-order valence-electron chi connectivity index (χ1n) is 5.67. The summed E-state index contributed by atoms with van der Waals surface area (Å²) < 4.78 is 4.99. The van der Waals surface area contributed by atoms with Gasteiger partial charge in [-0.15, -0.1) is 0 Å². The van der Waals surface area contributed by atoms with Crippen LogP contribution in [0.25, 0.3) is 0 Å². The normalized spacial score (nSPS) is 12.1. The van der Waals surface area contributed by atoms with Crippen LogP contribution in [0.15, 0.2) is 24.3 Å². The quantitative estimate of drug-likeness (QED) is 0.855. The van der Waals surface area contributed by atoms with Gasteiger partial charge in [0.25, 0.3) is 5.91 Å². The van der Waals surface area contributed by atoms with E-state index in [4.69, 9.17) is 16.3 Å². The molecule has 4 nitrogen and oxygen atoms in total. The highest BCUT2D eigenvalue weighted by atomic mass is 35.5. The number of halogens is 1. The molecule has 1 unspecified atom stereocenters. The number of carbonyl (C=O) groups excluding carboxylic acids is 2. The third-order valence-corrected chi connectivity index (χ3v) is 2.59. The van der Waals surface area contributed by atoms with Gasteiger partial charge in [-0.2, -0.15) is 0 Å². The van der Waals surface area contributed by atoms with E-state index < -0.39 is 18.0 Å². The fourth-order valence-electron chi connectivity index (χ4n) is 1.16. The molecule has 0 radical (unpaired) electrons. The zero-order valence-electron chi connectivity index (χ0n) is 10.6. The van der Waals surface area contributed by atoms with Gasteiger partial charge < -0.3 is 10.1 Å². The van der Waals surface area contributed by atoms with Gasteiger partial charge in [0.2, 0.25) is 0 Å². The van der Waals surface area contributed by atoms with Crippen molar-refractivity contribution in [2.75, 3.05) is 5.32 Å². The maximum absolute atomic E-state index is 11.8. The average Bonchev–Trinajstić information content (AvgIpc) is 2.31. The van der Waals surface area contributed by atoms with E-state index in [0.29, 0.717) is 10.7 Å². The Morgan fingerprint density at radius 1 is 1.22 bits per heavy atom. The highest BCUT2D eigenvalue weighted by Gasteiger charge is 2.20. The molecule has 0 aliphatic carbocycles. The number of hydrogen-bond acceptors (Lipinski definition) is 3. The van der Waals surface area contributed by atoms with Crippen LogP contribution in [-0.2, 0) is 14.3 Å². The van der Waals surface area contributed by atoms with Gasteiger partial charge >= 0.3 is 5.97 Å². The molecule has 0 bridgehead atoms. The molecule has 0 saturated carbocycles. The Balaban J connectivity index is 2.61. The monoisotopic (exact) mass is 269 g/mol. The van der Waals surface area contributed by atoms with E-state index in [2.05, 4.69) is 5.32 Å². The summed E-state index contributed by atoms with van der Waals surface area (Å²) in [6.07, 6.45) is -0.851. The van der Waals surface area contributed by atoms with Gasteiger partial charge in [0.15, 0.2) is 6.10 Å².